The predicted octanol–water partition coefficient (Wildman–Crippen LogP) is 4.74. The Morgan fingerprint density at radius 2 is 1.89 bits per heavy atom. The number of hydrogen-bond donors (Lipinski definition) is 1. The molecule has 0 spiro atoms. The Labute approximate surface area is 216 Å². The van der Waals surface area contributed by atoms with Gasteiger partial charge in [0.15, 0.2) is 5.13 Å². The van der Waals surface area contributed by atoms with Crippen LogP contribution < -0.4 is 5.32 Å². The zero-order chi connectivity index (χ0) is 26.3. The first-order chi connectivity index (χ1) is 16.8. The molecule has 2 fully saturated rings. The number of anilines is 1. The second-order valence-electron chi connectivity index (χ2n) is 11.6. The lowest BCUT2D eigenvalue weighted by Gasteiger charge is -2.39. The van der Waals surface area contributed by atoms with Crippen molar-refractivity contribution in [3.05, 3.63) is 46.7 Å². The summed E-state index contributed by atoms with van der Waals surface area (Å²) < 4.78 is 13.2. The van der Waals surface area contributed by atoms with Gasteiger partial charge in [-0.3, -0.25) is 14.4 Å². The van der Waals surface area contributed by atoms with Gasteiger partial charge in [-0.25, -0.2) is 9.37 Å². The molecule has 1 aromatic heterocycles. The zero-order valence-corrected chi connectivity index (χ0v) is 22.5. The Hall–Kier alpha value is -2.81. The molecule has 2 bridgehead atoms. The van der Waals surface area contributed by atoms with Gasteiger partial charge in [-0.2, -0.15) is 0 Å². The fourth-order valence-corrected chi connectivity index (χ4v) is 6.74. The van der Waals surface area contributed by atoms with Crippen molar-refractivity contribution in [1.29, 1.82) is 0 Å². The molecule has 1 saturated heterocycles. The Morgan fingerprint density at radius 3 is 2.56 bits per heavy atom. The molecule has 36 heavy (non-hydrogen) atoms. The highest BCUT2D eigenvalue weighted by Crippen LogP contribution is 2.52. The third-order valence-electron chi connectivity index (χ3n) is 7.15. The quantitative estimate of drug-likeness (QED) is 0.579. The van der Waals surface area contributed by atoms with Gasteiger partial charge in [0.2, 0.25) is 11.8 Å². The second-order valence-corrected chi connectivity index (χ2v) is 12.5. The van der Waals surface area contributed by atoms with E-state index in [1.807, 2.05) is 18.7 Å². The molecule has 2 atom stereocenters. The van der Waals surface area contributed by atoms with Crippen LogP contribution >= 0.6 is 11.3 Å². The number of rotatable bonds is 7. The molecule has 9 heteroatoms. The average molecular weight is 515 g/mol. The number of fused-ring (bicyclic) bond motifs is 2. The lowest BCUT2D eigenvalue weighted by atomic mass is 9.65. The summed E-state index contributed by atoms with van der Waals surface area (Å²) in [5.41, 5.74) is 1.37. The van der Waals surface area contributed by atoms with E-state index in [1.165, 1.54) is 40.5 Å². The van der Waals surface area contributed by atoms with Gasteiger partial charge in [-0.1, -0.05) is 20.8 Å². The number of nitrogens with one attached hydrogen (secondary N) is 1. The first-order valence-electron chi connectivity index (χ1n) is 12.4. The summed E-state index contributed by atoms with van der Waals surface area (Å²) in [7, 11) is 0. The molecule has 1 saturated carbocycles. The minimum Gasteiger partial charge on any atom is -0.339 e. The molecule has 194 valence electrons. The van der Waals surface area contributed by atoms with E-state index in [-0.39, 0.29) is 53.6 Å². The van der Waals surface area contributed by atoms with Crippen LogP contribution in [0.2, 0.25) is 0 Å². The average Bonchev–Trinajstić information content (AvgIpc) is 3.31. The largest absolute Gasteiger partial charge is 0.339 e. The molecule has 1 aliphatic heterocycles. The number of likely N-dealkylation sites (tertiary alicyclic amines) is 1. The summed E-state index contributed by atoms with van der Waals surface area (Å²) in [6.45, 7) is 11.1. The van der Waals surface area contributed by atoms with E-state index in [9.17, 15) is 18.8 Å². The van der Waals surface area contributed by atoms with Gasteiger partial charge in [-0.05, 0) is 68.2 Å². The summed E-state index contributed by atoms with van der Waals surface area (Å²) >= 11 is 1.26. The lowest BCUT2D eigenvalue weighted by Crippen LogP contribution is -2.42. The number of nitrogens with zero attached hydrogens (tertiary/aromatic N) is 3. The number of amides is 3. The molecule has 2 heterocycles. The topological polar surface area (TPSA) is 82.6 Å². The highest BCUT2D eigenvalue weighted by atomic mass is 32.1. The van der Waals surface area contributed by atoms with E-state index < -0.39 is 5.82 Å². The smallest absolute Gasteiger partial charge is 0.254 e. The van der Waals surface area contributed by atoms with Crippen molar-refractivity contribution in [2.75, 3.05) is 18.4 Å². The highest BCUT2D eigenvalue weighted by molar-refractivity contribution is 7.13. The number of carbonyl (C=O) groups excluding carboxylic acids is 3. The van der Waals surface area contributed by atoms with E-state index in [0.29, 0.717) is 16.4 Å². The second kappa shape index (κ2) is 9.92. The summed E-state index contributed by atoms with van der Waals surface area (Å²) in [4.78, 5) is 46.6. The van der Waals surface area contributed by atoms with Crippen molar-refractivity contribution in [2.45, 2.75) is 72.4 Å². The van der Waals surface area contributed by atoms with Crippen LogP contribution in [-0.2, 0) is 16.0 Å². The maximum Gasteiger partial charge on any atom is 0.254 e. The Kier molecular flexibility index (Phi) is 7.23. The van der Waals surface area contributed by atoms with Gasteiger partial charge < -0.3 is 15.1 Å². The van der Waals surface area contributed by atoms with Crippen LogP contribution in [0.1, 0.15) is 69.9 Å². The van der Waals surface area contributed by atoms with Gasteiger partial charge >= 0.3 is 0 Å². The van der Waals surface area contributed by atoms with Gasteiger partial charge in [0, 0.05) is 29.6 Å². The van der Waals surface area contributed by atoms with Crippen LogP contribution in [0.5, 0.6) is 0 Å². The molecular weight excluding hydrogens is 479 g/mol. The monoisotopic (exact) mass is 514 g/mol. The van der Waals surface area contributed by atoms with Crippen LogP contribution in [0.3, 0.4) is 0 Å². The van der Waals surface area contributed by atoms with Crippen LogP contribution in [0.4, 0.5) is 9.52 Å². The molecule has 2 aliphatic rings. The maximum absolute atomic E-state index is 13.2. The lowest BCUT2D eigenvalue weighted by molar-refractivity contribution is -0.131. The normalized spacial score (nSPS) is 22.5. The summed E-state index contributed by atoms with van der Waals surface area (Å²) in [6, 6.07) is 5.31. The van der Waals surface area contributed by atoms with E-state index in [1.54, 1.807) is 5.38 Å². The maximum atomic E-state index is 13.2. The predicted molar refractivity (Wildman–Crippen MR) is 138 cm³/mol. The Bertz CT molecular complexity index is 1150. The fraction of sp³-hybridized carbons (Fsp3) is 0.556. The number of hydrogen-bond acceptors (Lipinski definition) is 5. The molecule has 1 aliphatic carbocycles. The van der Waals surface area contributed by atoms with Crippen molar-refractivity contribution in [1.82, 2.24) is 14.8 Å². The van der Waals surface area contributed by atoms with Crippen molar-refractivity contribution in [3.8, 4) is 0 Å². The molecule has 2 aromatic rings. The van der Waals surface area contributed by atoms with Crippen LogP contribution in [0.25, 0.3) is 0 Å². The summed E-state index contributed by atoms with van der Waals surface area (Å²) in [6.07, 6.45) is 3.42. The number of aromatic nitrogens is 1. The summed E-state index contributed by atoms with van der Waals surface area (Å²) in [5, 5.41) is 4.94. The van der Waals surface area contributed by atoms with E-state index in [0.717, 1.165) is 25.8 Å². The van der Waals surface area contributed by atoms with E-state index >= 15 is 0 Å². The SMILES string of the molecule is CC(C)N(CC(=O)Nc1nc(CC(=O)N2CC3(C)CC2CC(C)(C)C3)cs1)C(=O)c1ccc(F)cc1. The van der Waals surface area contributed by atoms with Crippen molar-refractivity contribution < 1.29 is 18.8 Å². The molecule has 1 N–H and O–H groups in total. The standard InChI is InChI=1S/C27H35FN4O3S/c1-17(2)31(24(35)18-6-8-19(28)9-7-18)13-22(33)30-25-29-20(14-36-25)10-23(34)32-16-27(5)12-21(32)11-26(3,4)15-27/h6-9,14,17,21H,10-13,15-16H2,1-5H3,(H,29,30,33). The summed E-state index contributed by atoms with van der Waals surface area (Å²) in [5.74, 6) is -1.07. The Balaban J connectivity index is 1.34. The molecule has 3 amide bonds. The molecule has 4 rings (SSSR count). The first kappa shape index (κ1) is 26.3. The van der Waals surface area contributed by atoms with Crippen molar-refractivity contribution in [3.63, 3.8) is 0 Å². The molecule has 7 nitrogen and oxygen atoms in total. The van der Waals surface area contributed by atoms with Crippen LogP contribution in [0.15, 0.2) is 29.6 Å². The molecule has 0 radical (unpaired) electrons. The van der Waals surface area contributed by atoms with Gasteiger partial charge in [0.05, 0.1) is 12.1 Å². The number of benzene rings is 1. The third kappa shape index (κ3) is 5.94. The number of carbonyl (C=O) groups is 3. The van der Waals surface area contributed by atoms with Crippen molar-refractivity contribution in [2.24, 2.45) is 10.8 Å². The third-order valence-corrected chi connectivity index (χ3v) is 7.96. The molecular formula is C27H35FN4O3S. The van der Waals surface area contributed by atoms with Gasteiger partial charge in [0.1, 0.15) is 12.4 Å². The van der Waals surface area contributed by atoms with E-state index in [2.05, 4.69) is 31.1 Å². The van der Waals surface area contributed by atoms with Crippen LogP contribution in [0, 0.1) is 16.6 Å². The molecule has 2 unspecified atom stereocenters. The van der Waals surface area contributed by atoms with Crippen LogP contribution in [-0.4, -0.2) is 57.7 Å². The highest BCUT2D eigenvalue weighted by Gasteiger charge is 2.50. The Morgan fingerprint density at radius 1 is 1.19 bits per heavy atom. The zero-order valence-electron chi connectivity index (χ0n) is 21.6. The van der Waals surface area contributed by atoms with Gasteiger partial charge in [-0.15, -0.1) is 11.3 Å². The minimum absolute atomic E-state index is 0.0838. The number of halogens is 1. The first-order valence-corrected chi connectivity index (χ1v) is 13.3. The van der Waals surface area contributed by atoms with Crippen molar-refractivity contribution >= 4 is 34.2 Å². The number of thiazole rings is 1. The molecule has 1 aromatic carbocycles. The minimum atomic E-state index is -0.427. The van der Waals surface area contributed by atoms with Gasteiger partial charge in [0.25, 0.3) is 5.91 Å². The van der Waals surface area contributed by atoms with E-state index in [4.69, 9.17) is 0 Å². The fourth-order valence-electron chi connectivity index (χ4n) is 6.01.